The average molecular weight is 254 g/mol. The molecule has 0 spiro atoms. The monoisotopic (exact) mass is 254 g/mol. The zero-order chi connectivity index (χ0) is 13.4. The molecule has 0 aromatic carbocycles. The minimum absolute atomic E-state index is 0.259. The first-order chi connectivity index (χ1) is 8.53. The Morgan fingerprint density at radius 3 is 2.50 bits per heavy atom. The maximum Gasteiger partial charge on any atom is 0.0221 e. The molecule has 0 aromatic heterocycles. The van der Waals surface area contributed by atoms with Crippen molar-refractivity contribution in [2.45, 2.75) is 84.2 Å². The summed E-state index contributed by atoms with van der Waals surface area (Å²) in [5.41, 5.74) is 0.259. The number of hydrogen-bond acceptors (Lipinski definition) is 2. The third kappa shape index (κ3) is 6.75. The fraction of sp³-hybridized carbons (Fsp3) is 1.00. The van der Waals surface area contributed by atoms with Crippen molar-refractivity contribution in [1.82, 2.24) is 10.2 Å². The van der Waals surface area contributed by atoms with Gasteiger partial charge in [-0.05, 0) is 53.1 Å². The number of rotatable bonds is 8. The van der Waals surface area contributed by atoms with Crippen molar-refractivity contribution >= 4 is 0 Å². The summed E-state index contributed by atoms with van der Waals surface area (Å²) in [6, 6.07) is 0.787. The van der Waals surface area contributed by atoms with Gasteiger partial charge in [-0.2, -0.15) is 0 Å². The molecule has 1 atom stereocenters. The molecule has 18 heavy (non-hydrogen) atoms. The average Bonchev–Trinajstić information content (AvgIpc) is 2.73. The van der Waals surface area contributed by atoms with E-state index >= 15 is 0 Å². The van der Waals surface area contributed by atoms with Crippen LogP contribution in [0.1, 0.15) is 72.6 Å². The van der Waals surface area contributed by atoms with Gasteiger partial charge in [0.25, 0.3) is 0 Å². The maximum absolute atomic E-state index is 3.66. The van der Waals surface area contributed by atoms with Crippen molar-refractivity contribution < 1.29 is 0 Å². The zero-order valence-electron chi connectivity index (χ0n) is 13.1. The van der Waals surface area contributed by atoms with Crippen LogP contribution in [0.25, 0.3) is 0 Å². The molecular weight excluding hydrogens is 220 g/mol. The van der Waals surface area contributed by atoms with Gasteiger partial charge in [0.05, 0.1) is 0 Å². The lowest BCUT2D eigenvalue weighted by Gasteiger charge is -2.29. The Morgan fingerprint density at radius 2 is 1.83 bits per heavy atom. The first-order valence-corrected chi connectivity index (χ1v) is 8.02. The van der Waals surface area contributed by atoms with Crippen molar-refractivity contribution in [2.75, 3.05) is 19.6 Å². The number of likely N-dealkylation sites (tertiary alicyclic amines) is 1. The van der Waals surface area contributed by atoms with E-state index in [0.29, 0.717) is 0 Å². The lowest BCUT2D eigenvalue weighted by molar-refractivity contribution is 0.228. The third-order valence-corrected chi connectivity index (χ3v) is 3.92. The molecule has 2 nitrogen and oxygen atoms in total. The minimum Gasteiger partial charge on any atom is -0.311 e. The normalized spacial score (nSPS) is 21.7. The standard InChI is InChI=1S/C16H34N2/c1-5-6-7-8-9-12-18-13-10-11-15(18)14-17-16(2,3)4/h15,17H,5-14H2,1-4H3. The molecule has 108 valence electrons. The van der Waals surface area contributed by atoms with Crippen LogP contribution < -0.4 is 5.32 Å². The van der Waals surface area contributed by atoms with Crippen LogP contribution in [0.3, 0.4) is 0 Å². The van der Waals surface area contributed by atoms with Crippen LogP contribution >= 0.6 is 0 Å². The highest BCUT2D eigenvalue weighted by molar-refractivity contribution is 4.83. The molecule has 0 saturated carbocycles. The first-order valence-electron chi connectivity index (χ1n) is 8.02. The molecule has 0 aromatic rings. The molecule has 1 unspecified atom stereocenters. The maximum atomic E-state index is 3.66. The van der Waals surface area contributed by atoms with Crippen LogP contribution in [0, 0.1) is 0 Å². The second-order valence-electron chi connectivity index (χ2n) is 6.88. The number of unbranched alkanes of at least 4 members (excludes halogenated alkanes) is 4. The summed E-state index contributed by atoms with van der Waals surface area (Å²) < 4.78 is 0. The largest absolute Gasteiger partial charge is 0.311 e. The lowest BCUT2D eigenvalue weighted by atomic mass is 10.1. The van der Waals surface area contributed by atoms with Gasteiger partial charge in [-0.3, -0.25) is 4.90 Å². The zero-order valence-corrected chi connectivity index (χ0v) is 13.1. The highest BCUT2D eigenvalue weighted by atomic mass is 15.2. The summed E-state index contributed by atoms with van der Waals surface area (Å²) in [5, 5.41) is 3.66. The molecule has 1 aliphatic heterocycles. The number of nitrogens with one attached hydrogen (secondary N) is 1. The third-order valence-electron chi connectivity index (χ3n) is 3.92. The topological polar surface area (TPSA) is 15.3 Å². The Kier molecular flexibility index (Phi) is 7.25. The van der Waals surface area contributed by atoms with Gasteiger partial charge < -0.3 is 5.32 Å². The highest BCUT2D eigenvalue weighted by Gasteiger charge is 2.24. The lowest BCUT2D eigenvalue weighted by Crippen LogP contribution is -2.45. The van der Waals surface area contributed by atoms with Crippen LogP contribution in [0.5, 0.6) is 0 Å². The van der Waals surface area contributed by atoms with Crippen molar-refractivity contribution in [3.8, 4) is 0 Å². The molecule has 1 N–H and O–H groups in total. The van der Waals surface area contributed by atoms with Crippen molar-refractivity contribution in [1.29, 1.82) is 0 Å². The molecule has 0 radical (unpaired) electrons. The fourth-order valence-electron chi connectivity index (χ4n) is 2.76. The van der Waals surface area contributed by atoms with Gasteiger partial charge in [-0.15, -0.1) is 0 Å². The van der Waals surface area contributed by atoms with Gasteiger partial charge >= 0.3 is 0 Å². The van der Waals surface area contributed by atoms with E-state index in [1.165, 1.54) is 64.6 Å². The van der Waals surface area contributed by atoms with E-state index in [9.17, 15) is 0 Å². The smallest absolute Gasteiger partial charge is 0.0221 e. The summed E-state index contributed by atoms with van der Waals surface area (Å²) in [6.07, 6.45) is 9.78. The predicted octanol–water partition coefficient (Wildman–Crippen LogP) is 3.81. The molecule has 0 bridgehead atoms. The molecule has 1 aliphatic rings. The SMILES string of the molecule is CCCCCCCN1CCCC1CNC(C)(C)C. The Labute approximate surface area is 115 Å². The summed E-state index contributed by atoms with van der Waals surface area (Å²) in [4.78, 5) is 2.71. The summed E-state index contributed by atoms with van der Waals surface area (Å²) in [6.45, 7) is 12.9. The van der Waals surface area contributed by atoms with Crippen molar-refractivity contribution in [2.24, 2.45) is 0 Å². The van der Waals surface area contributed by atoms with E-state index in [0.717, 1.165) is 6.04 Å². The van der Waals surface area contributed by atoms with Crippen LogP contribution in [-0.2, 0) is 0 Å². The Bertz CT molecular complexity index is 208. The molecular formula is C16H34N2. The van der Waals surface area contributed by atoms with Crippen LogP contribution in [-0.4, -0.2) is 36.1 Å². The Balaban J connectivity index is 2.15. The Morgan fingerprint density at radius 1 is 1.11 bits per heavy atom. The van der Waals surface area contributed by atoms with Crippen molar-refractivity contribution in [3.05, 3.63) is 0 Å². The van der Waals surface area contributed by atoms with E-state index in [2.05, 4.69) is 37.9 Å². The number of nitrogens with zero attached hydrogens (tertiary/aromatic N) is 1. The minimum atomic E-state index is 0.259. The second-order valence-corrected chi connectivity index (χ2v) is 6.88. The van der Waals surface area contributed by atoms with E-state index in [4.69, 9.17) is 0 Å². The molecule has 1 fully saturated rings. The van der Waals surface area contributed by atoms with E-state index in [1.807, 2.05) is 0 Å². The van der Waals surface area contributed by atoms with Gasteiger partial charge in [-0.25, -0.2) is 0 Å². The van der Waals surface area contributed by atoms with Crippen LogP contribution in [0.4, 0.5) is 0 Å². The molecule has 0 amide bonds. The molecule has 2 heteroatoms. The first kappa shape index (κ1) is 16.0. The van der Waals surface area contributed by atoms with Crippen LogP contribution in [0.2, 0.25) is 0 Å². The molecule has 1 saturated heterocycles. The van der Waals surface area contributed by atoms with Gasteiger partial charge in [0.2, 0.25) is 0 Å². The fourth-order valence-corrected chi connectivity index (χ4v) is 2.76. The van der Waals surface area contributed by atoms with E-state index in [1.54, 1.807) is 0 Å². The highest BCUT2D eigenvalue weighted by Crippen LogP contribution is 2.18. The summed E-state index contributed by atoms with van der Waals surface area (Å²) >= 11 is 0. The molecule has 1 heterocycles. The predicted molar refractivity (Wildman–Crippen MR) is 81.1 cm³/mol. The number of hydrogen-bond donors (Lipinski definition) is 1. The Hall–Kier alpha value is -0.0800. The summed E-state index contributed by atoms with van der Waals surface area (Å²) in [5.74, 6) is 0. The van der Waals surface area contributed by atoms with Gasteiger partial charge in [0.1, 0.15) is 0 Å². The van der Waals surface area contributed by atoms with Crippen LogP contribution in [0.15, 0.2) is 0 Å². The van der Waals surface area contributed by atoms with Crippen molar-refractivity contribution in [3.63, 3.8) is 0 Å². The van der Waals surface area contributed by atoms with Gasteiger partial charge in [0.15, 0.2) is 0 Å². The van der Waals surface area contributed by atoms with Gasteiger partial charge in [0, 0.05) is 18.1 Å². The quantitative estimate of drug-likeness (QED) is 0.663. The summed E-state index contributed by atoms with van der Waals surface area (Å²) in [7, 11) is 0. The molecule has 0 aliphatic carbocycles. The van der Waals surface area contributed by atoms with Gasteiger partial charge in [-0.1, -0.05) is 32.6 Å². The van der Waals surface area contributed by atoms with E-state index in [-0.39, 0.29) is 5.54 Å². The van der Waals surface area contributed by atoms with E-state index < -0.39 is 0 Å². The second kappa shape index (κ2) is 8.16. The molecule has 1 rings (SSSR count).